The molecule has 1 amide bonds. The lowest BCUT2D eigenvalue weighted by molar-refractivity contribution is -0.385. The molecule has 0 aromatic heterocycles. The van der Waals surface area contributed by atoms with Crippen molar-refractivity contribution in [3.05, 3.63) is 75.3 Å². The number of nitro groups is 1. The van der Waals surface area contributed by atoms with Crippen molar-refractivity contribution in [2.24, 2.45) is 0 Å². The van der Waals surface area contributed by atoms with Crippen molar-refractivity contribution in [3.8, 4) is 0 Å². The maximum absolute atomic E-state index is 12.2. The van der Waals surface area contributed by atoms with Gasteiger partial charge in [0, 0.05) is 23.2 Å². The minimum atomic E-state index is -0.467. The number of nitro benzene ring substituents is 1. The molecule has 0 aliphatic rings. The van der Waals surface area contributed by atoms with Gasteiger partial charge < -0.3 is 5.32 Å². The van der Waals surface area contributed by atoms with Crippen molar-refractivity contribution in [1.82, 2.24) is 5.32 Å². The molecule has 5 nitrogen and oxygen atoms in total. The van der Waals surface area contributed by atoms with E-state index in [0.29, 0.717) is 11.1 Å². The zero-order valence-electron chi connectivity index (χ0n) is 13.3. The van der Waals surface area contributed by atoms with Gasteiger partial charge in [0.1, 0.15) is 0 Å². The van der Waals surface area contributed by atoms with Gasteiger partial charge in [0.05, 0.1) is 4.92 Å². The van der Waals surface area contributed by atoms with Gasteiger partial charge in [-0.15, -0.1) is 0 Å². The Bertz CT molecular complexity index is 699. The molecule has 0 saturated heterocycles. The Morgan fingerprint density at radius 2 is 1.91 bits per heavy atom. The normalized spacial score (nSPS) is 11.7. The molecule has 1 N–H and O–H groups in total. The number of carbonyl (C=O) groups is 1. The van der Waals surface area contributed by atoms with Gasteiger partial charge in [-0.2, -0.15) is 0 Å². The largest absolute Gasteiger partial charge is 0.350 e. The van der Waals surface area contributed by atoms with Gasteiger partial charge in [0.25, 0.3) is 11.6 Å². The van der Waals surface area contributed by atoms with Crippen LogP contribution in [0.25, 0.3) is 0 Å². The van der Waals surface area contributed by atoms with Gasteiger partial charge in [-0.25, -0.2) is 0 Å². The van der Waals surface area contributed by atoms with E-state index in [0.717, 1.165) is 12.8 Å². The van der Waals surface area contributed by atoms with E-state index >= 15 is 0 Å². The highest BCUT2D eigenvalue weighted by molar-refractivity contribution is 5.95. The Kier molecular flexibility index (Phi) is 5.46. The molecule has 0 fully saturated rings. The third-order valence-corrected chi connectivity index (χ3v) is 3.75. The molecule has 0 bridgehead atoms. The summed E-state index contributed by atoms with van der Waals surface area (Å²) in [6, 6.07) is 14.6. The Morgan fingerprint density at radius 3 is 2.57 bits per heavy atom. The summed E-state index contributed by atoms with van der Waals surface area (Å²) < 4.78 is 0. The van der Waals surface area contributed by atoms with E-state index < -0.39 is 4.92 Å². The fourth-order valence-corrected chi connectivity index (χ4v) is 2.35. The van der Waals surface area contributed by atoms with Crippen molar-refractivity contribution in [3.63, 3.8) is 0 Å². The lowest BCUT2D eigenvalue weighted by Gasteiger charge is -2.14. The summed E-state index contributed by atoms with van der Waals surface area (Å²) >= 11 is 0. The van der Waals surface area contributed by atoms with E-state index in [4.69, 9.17) is 0 Å². The van der Waals surface area contributed by atoms with Crippen LogP contribution in [-0.4, -0.2) is 16.9 Å². The van der Waals surface area contributed by atoms with Gasteiger partial charge in [-0.1, -0.05) is 36.4 Å². The Hall–Kier alpha value is -2.69. The molecule has 2 rings (SSSR count). The molecule has 23 heavy (non-hydrogen) atoms. The molecule has 0 saturated carbocycles. The molecular weight excluding hydrogens is 292 g/mol. The Balaban J connectivity index is 1.96. The number of carbonyl (C=O) groups excluding carboxylic acids is 1. The summed E-state index contributed by atoms with van der Waals surface area (Å²) in [5, 5.41) is 13.8. The predicted octanol–water partition coefficient (Wildman–Crippen LogP) is 3.65. The number of nitrogens with zero attached hydrogens (tertiary/aromatic N) is 1. The number of aryl methyl sites for hydroxylation is 2. The molecule has 0 spiro atoms. The first-order valence-electron chi connectivity index (χ1n) is 7.57. The van der Waals surface area contributed by atoms with Crippen LogP contribution < -0.4 is 5.32 Å². The van der Waals surface area contributed by atoms with E-state index in [9.17, 15) is 14.9 Å². The number of nitrogens with one attached hydrogen (secondary N) is 1. The molecule has 2 aromatic rings. The van der Waals surface area contributed by atoms with Crippen LogP contribution in [0, 0.1) is 17.0 Å². The summed E-state index contributed by atoms with van der Waals surface area (Å²) in [7, 11) is 0. The van der Waals surface area contributed by atoms with Gasteiger partial charge in [0.2, 0.25) is 0 Å². The Labute approximate surface area is 135 Å². The highest BCUT2D eigenvalue weighted by Gasteiger charge is 2.16. The van der Waals surface area contributed by atoms with Crippen LogP contribution in [0.1, 0.15) is 34.8 Å². The van der Waals surface area contributed by atoms with E-state index in [2.05, 4.69) is 17.4 Å². The standard InChI is InChI=1S/C18H20N2O3/c1-13-8-11-16(12-17(13)20(22)23)18(21)19-14(2)9-10-15-6-4-3-5-7-15/h3-8,11-12,14H,9-10H2,1-2H3,(H,19,21)/t14-/m1/s1. The smallest absolute Gasteiger partial charge is 0.273 e. The molecular formula is C18H20N2O3. The maximum Gasteiger partial charge on any atom is 0.273 e. The molecule has 2 aromatic carbocycles. The molecule has 120 valence electrons. The fraction of sp³-hybridized carbons (Fsp3) is 0.278. The zero-order valence-corrected chi connectivity index (χ0v) is 13.3. The van der Waals surface area contributed by atoms with Gasteiger partial charge in [-0.05, 0) is 38.3 Å². The van der Waals surface area contributed by atoms with Crippen LogP contribution in [0.15, 0.2) is 48.5 Å². The van der Waals surface area contributed by atoms with Gasteiger partial charge >= 0.3 is 0 Å². The number of hydrogen-bond donors (Lipinski definition) is 1. The van der Waals surface area contributed by atoms with Crippen molar-refractivity contribution in [2.45, 2.75) is 32.7 Å². The third kappa shape index (κ3) is 4.64. The second-order valence-corrected chi connectivity index (χ2v) is 5.66. The zero-order chi connectivity index (χ0) is 16.8. The average molecular weight is 312 g/mol. The van der Waals surface area contributed by atoms with Crippen molar-refractivity contribution >= 4 is 11.6 Å². The molecule has 0 aliphatic carbocycles. The molecule has 1 atom stereocenters. The summed E-state index contributed by atoms with van der Waals surface area (Å²) in [6.07, 6.45) is 1.68. The maximum atomic E-state index is 12.2. The van der Waals surface area contributed by atoms with Crippen LogP contribution in [0.4, 0.5) is 5.69 Å². The van der Waals surface area contributed by atoms with Crippen LogP contribution in [-0.2, 0) is 6.42 Å². The SMILES string of the molecule is Cc1ccc(C(=O)N[C@H](C)CCc2ccccc2)cc1[N+](=O)[O-]. The number of rotatable bonds is 6. The number of hydrogen-bond acceptors (Lipinski definition) is 3. The first kappa shape index (κ1) is 16.7. The van der Waals surface area contributed by atoms with Crippen LogP contribution >= 0.6 is 0 Å². The highest BCUT2D eigenvalue weighted by Crippen LogP contribution is 2.19. The molecule has 0 unspecified atom stereocenters. The lowest BCUT2D eigenvalue weighted by Crippen LogP contribution is -2.32. The predicted molar refractivity (Wildman–Crippen MR) is 89.5 cm³/mol. The van der Waals surface area contributed by atoms with Crippen molar-refractivity contribution in [1.29, 1.82) is 0 Å². The fourth-order valence-electron chi connectivity index (χ4n) is 2.35. The van der Waals surface area contributed by atoms with Crippen molar-refractivity contribution < 1.29 is 9.72 Å². The van der Waals surface area contributed by atoms with Crippen LogP contribution in [0.2, 0.25) is 0 Å². The summed E-state index contributed by atoms with van der Waals surface area (Å²) in [6.45, 7) is 3.59. The first-order chi connectivity index (χ1) is 11.0. The summed E-state index contributed by atoms with van der Waals surface area (Å²) in [5.74, 6) is -0.284. The van der Waals surface area contributed by atoms with Gasteiger partial charge in [-0.3, -0.25) is 14.9 Å². The van der Waals surface area contributed by atoms with E-state index in [-0.39, 0.29) is 17.6 Å². The molecule has 5 heteroatoms. The minimum Gasteiger partial charge on any atom is -0.350 e. The Morgan fingerprint density at radius 1 is 1.22 bits per heavy atom. The summed E-state index contributed by atoms with van der Waals surface area (Å²) in [5.41, 5.74) is 2.05. The first-order valence-corrected chi connectivity index (χ1v) is 7.57. The topological polar surface area (TPSA) is 72.2 Å². The van der Waals surface area contributed by atoms with E-state index in [1.54, 1.807) is 19.1 Å². The summed E-state index contributed by atoms with van der Waals surface area (Å²) in [4.78, 5) is 22.7. The van der Waals surface area contributed by atoms with Gasteiger partial charge in [0.15, 0.2) is 0 Å². The van der Waals surface area contributed by atoms with Crippen LogP contribution in [0.3, 0.4) is 0 Å². The minimum absolute atomic E-state index is 0.0111. The molecule has 0 radical (unpaired) electrons. The molecule has 0 aliphatic heterocycles. The van der Waals surface area contributed by atoms with Crippen LogP contribution in [0.5, 0.6) is 0 Å². The lowest BCUT2D eigenvalue weighted by atomic mass is 10.1. The second kappa shape index (κ2) is 7.54. The average Bonchev–Trinajstić information content (AvgIpc) is 2.54. The van der Waals surface area contributed by atoms with E-state index in [1.165, 1.54) is 11.6 Å². The quantitative estimate of drug-likeness (QED) is 0.653. The highest BCUT2D eigenvalue weighted by atomic mass is 16.6. The number of amides is 1. The number of benzene rings is 2. The third-order valence-electron chi connectivity index (χ3n) is 3.75. The monoisotopic (exact) mass is 312 g/mol. The molecule has 0 heterocycles. The van der Waals surface area contributed by atoms with E-state index in [1.807, 2.05) is 25.1 Å². The van der Waals surface area contributed by atoms with Crippen molar-refractivity contribution in [2.75, 3.05) is 0 Å². The second-order valence-electron chi connectivity index (χ2n) is 5.66.